The molecule has 0 bridgehead atoms. The van der Waals surface area contributed by atoms with E-state index in [1.807, 2.05) is 0 Å². The van der Waals surface area contributed by atoms with Crippen molar-refractivity contribution in [3.63, 3.8) is 0 Å². The second-order valence-corrected chi connectivity index (χ2v) is 1.96. The van der Waals surface area contributed by atoms with E-state index in [1.54, 1.807) is 0 Å². The summed E-state index contributed by atoms with van der Waals surface area (Å²) in [6, 6.07) is 0. The molecule has 10 heavy (non-hydrogen) atoms. The fourth-order valence-corrected chi connectivity index (χ4v) is 0.426. The van der Waals surface area contributed by atoms with E-state index >= 15 is 0 Å². The molecule has 1 amide bonds. The molecule has 0 rings (SSSR count). The van der Waals surface area contributed by atoms with Crippen LogP contribution < -0.4 is 0 Å². The van der Waals surface area contributed by atoms with Gasteiger partial charge in [0.2, 0.25) is 0 Å². The smallest absolute Gasteiger partial charge is 0.272 e. The van der Waals surface area contributed by atoms with Gasteiger partial charge < -0.3 is 0 Å². The molecule has 3 nitrogen and oxygen atoms in total. The molecule has 0 atom stereocenters. The summed E-state index contributed by atoms with van der Waals surface area (Å²) in [7, 11) is 0. The summed E-state index contributed by atoms with van der Waals surface area (Å²) >= 11 is 0. The number of nitrogens with zero attached hydrogens (tertiary/aromatic N) is 1. The molecule has 0 radical (unpaired) electrons. The van der Waals surface area contributed by atoms with E-state index in [1.165, 1.54) is 13.0 Å². The van der Waals surface area contributed by atoms with Crippen molar-refractivity contribution in [1.82, 2.24) is 5.06 Å². The summed E-state index contributed by atoms with van der Waals surface area (Å²) in [4.78, 5) is 10.8. The van der Waals surface area contributed by atoms with Crippen LogP contribution in [0.3, 0.4) is 0 Å². The number of hydrogen-bond donors (Lipinski definition) is 1. The van der Waals surface area contributed by atoms with Crippen LogP contribution in [0, 0.1) is 0 Å². The molecule has 1 N–H and O–H groups in total. The lowest BCUT2D eigenvalue weighted by molar-refractivity contribution is -0.157. The molecule has 0 unspecified atom stereocenters. The molecule has 0 heterocycles. The molecule has 0 spiro atoms. The lowest BCUT2D eigenvalue weighted by Crippen LogP contribution is -2.27. The summed E-state index contributed by atoms with van der Waals surface area (Å²) in [6.45, 7) is 8.40. The highest BCUT2D eigenvalue weighted by molar-refractivity contribution is 5.91. The third-order valence-corrected chi connectivity index (χ3v) is 0.902. The van der Waals surface area contributed by atoms with E-state index in [0.29, 0.717) is 10.6 Å². The van der Waals surface area contributed by atoms with Crippen molar-refractivity contribution in [1.29, 1.82) is 0 Å². The molecule has 0 aliphatic heterocycles. The molecule has 3 heteroatoms. The van der Waals surface area contributed by atoms with E-state index in [-0.39, 0.29) is 6.54 Å². The second-order valence-electron chi connectivity index (χ2n) is 1.96. The van der Waals surface area contributed by atoms with Crippen molar-refractivity contribution in [3.8, 4) is 0 Å². The Labute approximate surface area is 60.2 Å². The van der Waals surface area contributed by atoms with E-state index in [4.69, 9.17) is 5.21 Å². The lowest BCUT2D eigenvalue weighted by Gasteiger charge is -2.11. The number of hydrogen-bond acceptors (Lipinski definition) is 2. The van der Waals surface area contributed by atoms with Crippen molar-refractivity contribution in [3.05, 3.63) is 24.8 Å². The highest BCUT2D eigenvalue weighted by Gasteiger charge is 2.07. The maximum Gasteiger partial charge on any atom is 0.272 e. The standard InChI is InChI=1S/C7H11NO2/c1-4-5-8(10)7(9)6(2)3/h4,10H,1-2,5H2,3H3. The minimum Gasteiger partial charge on any atom is -0.285 e. The maximum absolute atomic E-state index is 10.8. The van der Waals surface area contributed by atoms with Gasteiger partial charge in [-0.2, -0.15) is 0 Å². The Bertz CT molecular complexity index is 163. The second kappa shape index (κ2) is 3.85. The first-order chi connectivity index (χ1) is 4.59. The van der Waals surface area contributed by atoms with Gasteiger partial charge in [0.25, 0.3) is 5.91 Å². The van der Waals surface area contributed by atoms with Gasteiger partial charge in [0, 0.05) is 5.57 Å². The number of amides is 1. The first-order valence-corrected chi connectivity index (χ1v) is 2.86. The van der Waals surface area contributed by atoms with Gasteiger partial charge in [-0.3, -0.25) is 10.0 Å². The summed E-state index contributed by atoms with van der Waals surface area (Å²) in [5.74, 6) is -0.472. The minimum absolute atomic E-state index is 0.131. The zero-order valence-electron chi connectivity index (χ0n) is 6.00. The average Bonchev–Trinajstić information content (AvgIpc) is 1.87. The van der Waals surface area contributed by atoms with E-state index in [9.17, 15) is 4.79 Å². The number of carbonyl (C=O) groups excluding carboxylic acids is 1. The number of rotatable bonds is 3. The van der Waals surface area contributed by atoms with Crippen LogP contribution in [0.2, 0.25) is 0 Å². The van der Waals surface area contributed by atoms with E-state index in [2.05, 4.69) is 13.2 Å². The lowest BCUT2D eigenvalue weighted by atomic mass is 10.3. The summed E-state index contributed by atoms with van der Waals surface area (Å²) in [6.07, 6.45) is 1.43. The molecule has 56 valence electrons. The monoisotopic (exact) mass is 141 g/mol. The molecule has 0 saturated carbocycles. The quantitative estimate of drug-likeness (QED) is 0.275. The van der Waals surface area contributed by atoms with Gasteiger partial charge in [0.05, 0.1) is 6.54 Å². The Balaban J connectivity index is 3.94. The Hall–Kier alpha value is -1.09. The fraction of sp³-hybridized carbons (Fsp3) is 0.286. The van der Waals surface area contributed by atoms with Crippen LogP contribution in [-0.4, -0.2) is 22.7 Å². The van der Waals surface area contributed by atoms with Crippen molar-refractivity contribution in [2.45, 2.75) is 6.92 Å². The Morgan fingerprint density at radius 2 is 2.30 bits per heavy atom. The van der Waals surface area contributed by atoms with Gasteiger partial charge in [-0.05, 0) is 6.92 Å². The van der Waals surface area contributed by atoms with Gasteiger partial charge in [0.1, 0.15) is 0 Å². The highest BCUT2D eigenvalue weighted by Crippen LogP contribution is 1.94. The van der Waals surface area contributed by atoms with Crippen LogP contribution >= 0.6 is 0 Å². The zero-order chi connectivity index (χ0) is 8.15. The minimum atomic E-state index is -0.472. The largest absolute Gasteiger partial charge is 0.285 e. The van der Waals surface area contributed by atoms with Gasteiger partial charge in [-0.15, -0.1) is 6.58 Å². The molecule has 0 aromatic carbocycles. The molecule has 0 fully saturated rings. The molecule has 0 saturated heterocycles. The van der Waals surface area contributed by atoms with Gasteiger partial charge in [-0.1, -0.05) is 12.7 Å². The Morgan fingerprint density at radius 3 is 2.60 bits per heavy atom. The van der Waals surface area contributed by atoms with Crippen LogP contribution in [0.1, 0.15) is 6.92 Å². The van der Waals surface area contributed by atoms with Gasteiger partial charge in [-0.25, -0.2) is 5.06 Å². The van der Waals surface area contributed by atoms with Gasteiger partial charge in [0.15, 0.2) is 0 Å². The Kier molecular flexibility index (Phi) is 3.43. The van der Waals surface area contributed by atoms with E-state index < -0.39 is 5.91 Å². The fourth-order valence-electron chi connectivity index (χ4n) is 0.426. The van der Waals surface area contributed by atoms with Crippen molar-refractivity contribution < 1.29 is 10.0 Å². The first-order valence-electron chi connectivity index (χ1n) is 2.86. The molecular formula is C7H11NO2. The van der Waals surface area contributed by atoms with Crippen molar-refractivity contribution in [2.75, 3.05) is 6.54 Å². The molecule has 0 aliphatic rings. The average molecular weight is 141 g/mol. The van der Waals surface area contributed by atoms with Crippen LogP contribution in [0.15, 0.2) is 24.8 Å². The maximum atomic E-state index is 10.8. The highest BCUT2D eigenvalue weighted by atomic mass is 16.5. The SMILES string of the molecule is C=CCN(O)C(=O)C(=C)C. The predicted octanol–water partition coefficient (Wildman–Crippen LogP) is 0.966. The van der Waals surface area contributed by atoms with Crippen LogP contribution in [-0.2, 0) is 4.79 Å². The number of hydroxylamine groups is 2. The third-order valence-electron chi connectivity index (χ3n) is 0.902. The Morgan fingerprint density at radius 1 is 1.80 bits per heavy atom. The summed E-state index contributed by atoms with van der Waals surface area (Å²) in [5.41, 5.74) is 0.310. The molecule has 0 aromatic heterocycles. The number of carbonyl (C=O) groups is 1. The van der Waals surface area contributed by atoms with Crippen molar-refractivity contribution >= 4 is 5.91 Å². The van der Waals surface area contributed by atoms with E-state index in [0.717, 1.165) is 0 Å². The van der Waals surface area contributed by atoms with Crippen molar-refractivity contribution in [2.24, 2.45) is 0 Å². The van der Waals surface area contributed by atoms with Crippen LogP contribution in [0.4, 0.5) is 0 Å². The van der Waals surface area contributed by atoms with Gasteiger partial charge >= 0.3 is 0 Å². The molecule has 0 aromatic rings. The molecule has 0 aliphatic carbocycles. The third kappa shape index (κ3) is 2.46. The zero-order valence-corrected chi connectivity index (χ0v) is 6.00. The normalized spacial score (nSPS) is 8.60. The topological polar surface area (TPSA) is 40.5 Å². The van der Waals surface area contributed by atoms with Crippen LogP contribution in [0.5, 0.6) is 0 Å². The molecular weight excluding hydrogens is 130 g/mol. The predicted molar refractivity (Wildman–Crippen MR) is 38.5 cm³/mol. The van der Waals surface area contributed by atoms with Crippen LogP contribution in [0.25, 0.3) is 0 Å². The first kappa shape index (κ1) is 8.91. The summed E-state index contributed by atoms with van der Waals surface area (Å²) < 4.78 is 0. The summed E-state index contributed by atoms with van der Waals surface area (Å²) in [5, 5.41) is 9.40.